The number of ketones is 1. The van der Waals surface area contributed by atoms with Crippen LogP contribution < -0.4 is 4.42 Å². The summed E-state index contributed by atoms with van der Waals surface area (Å²) >= 11 is 6.12. The van der Waals surface area contributed by atoms with E-state index >= 15 is 0 Å². The molecule has 2 rings (SSSR count). The van der Waals surface area contributed by atoms with Crippen molar-refractivity contribution >= 4 is 23.2 Å². The number of benzene rings is 1. The molecular weight excluding hydrogens is 226 g/mol. The van der Waals surface area contributed by atoms with Gasteiger partial charge < -0.3 is 5.11 Å². The first-order valence-corrected chi connectivity index (χ1v) is 5.15. The first kappa shape index (κ1) is 10.8. The van der Waals surface area contributed by atoms with Crippen molar-refractivity contribution in [2.45, 2.75) is 6.04 Å². The van der Waals surface area contributed by atoms with Gasteiger partial charge in [-0.25, -0.2) is 0 Å². The van der Waals surface area contributed by atoms with Crippen LogP contribution in [0.1, 0.15) is 0 Å². The van der Waals surface area contributed by atoms with Gasteiger partial charge in [-0.05, 0) is 36.4 Å². The van der Waals surface area contributed by atoms with E-state index in [1.54, 1.807) is 36.4 Å². The highest BCUT2D eigenvalue weighted by atomic mass is 35.5. The van der Waals surface area contributed by atoms with Crippen molar-refractivity contribution in [1.29, 1.82) is 0 Å². The highest BCUT2D eigenvalue weighted by Crippen LogP contribution is 2.24. The van der Waals surface area contributed by atoms with E-state index in [4.69, 9.17) is 16.9 Å². The van der Waals surface area contributed by atoms with Gasteiger partial charge in [0.2, 0.25) is 0 Å². The normalized spacial score (nSPS) is 15.4. The molecule has 16 heavy (non-hydrogen) atoms. The summed E-state index contributed by atoms with van der Waals surface area (Å²) in [6.07, 6.45) is 6.42. The smallest absolute Gasteiger partial charge is 0.178 e. The van der Waals surface area contributed by atoms with E-state index in [0.29, 0.717) is 0 Å². The maximum Gasteiger partial charge on any atom is 0.178 e. The fourth-order valence-corrected chi connectivity index (χ4v) is 1.67. The standard InChI is InChI=1S/C12H10ClNO2/c13-14(9-1-5-11(15)6-2-9)10-3-7-12(16)8-4-10/h1-9,16H. The molecule has 1 aromatic rings. The van der Waals surface area contributed by atoms with Crippen LogP contribution in [0.5, 0.6) is 5.75 Å². The van der Waals surface area contributed by atoms with Crippen LogP contribution in [-0.2, 0) is 4.79 Å². The van der Waals surface area contributed by atoms with Crippen LogP contribution in [0.25, 0.3) is 0 Å². The summed E-state index contributed by atoms with van der Waals surface area (Å²) in [4.78, 5) is 10.9. The minimum atomic E-state index is -0.149. The van der Waals surface area contributed by atoms with Crippen molar-refractivity contribution in [2.75, 3.05) is 4.42 Å². The Morgan fingerprint density at radius 3 is 2.25 bits per heavy atom. The van der Waals surface area contributed by atoms with Gasteiger partial charge in [-0.3, -0.25) is 9.21 Å². The lowest BCUT2D eigenvalue weighted by molar-refractivity contribution is -0.110. The maximum absolute atomic E-state index is 10.9. The molecule has 0 unspecified atom stereocenters. The van der Waals surface area contributed by atoms with E-state index in [1.165, 1.54) is 16.6 Å². The third-order valence-corrected chi connectivity index (χ3v) is 2.69. The van der Waals surface area contributed by atoms with Crippen LogP contribution in [0.3, 0.4) is 0 Å². The lowest BCUT2D eigenvalue weighted by Crippen LogP contribution is -2.24. The summed E-state index contributed by atoms with van der Waals surface area (Å²) in [7, 11) is 0. The molecule has 0 fully saturated rings. The molecule has 0 atom stereocenters. The molecule has 3 nitrogen and oxygen atoms in total. The lowest BCUT2D eigenvalue weighted by atomic mass is 10.1. The molecule has 1 aromatic carbocycles. The second kappa shape index (κ2) is 4.41. The molecule has 4 heteroatoms. The van der Waals surface area contributed by atoms with E-state index in [2.05, 4.69) is 0 Å². The van der Waals surface area contributed by atoms with Crippen molar-refractivity contribution in [3.05, 3.63) is 48.6 Å². The number of carbonyl (C=O) groups is 1. The third kappa shape index (κ3) is 2.25. The van der Waals surface area contributed by atoms with E-state index in [0.717, 1.165) is 5.69 Å². The van der Waals surface area contributed by atoms with Crippen LogP contribution in [-0.4, -0.2) is 16.9 Å². The molecule has 0 saturated heterocycles. The summed E-state index contributed by atoms with van der Waals surface area (Å²) < 4.78 is 1.50. The molecule has 0 aromatic heterocycles. The Hall–Kier alpha value is -1.74. The van der Waals surface area contributed by atoms with Crippen molar-refractivity contribution < 1.29 is 9.90 Å². The van der Waals surface area contributed by atoms with Crippen LogP contribution >= 0.6 is 11.8 Å². The molecule has 0 heterocycles. The molecule has 0 bridgehead atoms. The van der Waals surface area contributed by atoms with Gasteiger partial charge in [0.05, 0.1) is 11.7 Å². The second-order valence-corrected chi connectivity index (χ2v) is 3.80. The molecule has 0 spiro atoms. The van der Waals surface area contributed by atoms with Gasteiger partial charge >= 0.3 is 0 Å². The average molecular weight is 236 g/mol. The topological polar surface area (TPSA) is 40.5 Å². The first-order chi connectivity index (χ1) is 7.66. The van der Waals surface area contributed by atoms with Crippen LogP contribution in [0.4, 0.5) is 5.69 Å². The molecule has 1 N–H and O–H groups in total. The maximum atomic E-state index is 10.9. The van der Waals surface area contributed by atoms with Gasteiger partial charge in [0, 0.05) is 11.8 Å². The Labute approximate surface area is 98.4 Å². The fraction of sp³-hybridized carbons (Fsp3) is 0.0833. The monoisotopic (exact) mass is 235 g/mol. The van der Waals surface area contributed by atoms with E-state index in [9.17, 15) is 4.79 Å². The fourth-order valence-electron chi connectivity index (χ4n) is 1.42. The zero-order valence-electron chi connectivity index (χ0n) is 8.38. The van der Waals surface area contributed by atoms with Crippen molar-refractivity contribution in [3.63, 3.8) is 0 Å². The van der Waals surface area contributed by atoms with E-state index in [1.807, 2.05) is 0 Å². The third-order valence-electron chi connectivity index (χ3n) is 2.27. The number of phenols is 1. The summed E-state index contributed by atoms with van der Waals surface area (Å²) in [5.74, 6) is 0.158. The van der Waals surface area contributed by atoms with Gasteiger partial charge in [-0.2, -0.15) is 0 Å². The lowest BCUT2D eigenvalue weighted by Gasteiger charge is -2.22. The van der Waals surface area contributed by atoms with Crippen LogP contribution in [0.2, 0.25) is 0 Å². The Morgan fingerprint density at radius 2 is 1.69 bits per heavy atom. The number of hydrogen-bond acceptors (Lipinski definition) is 3. The molecule has 1 aliphatic rings. The van der Waals surface area contributed by atoms with Gasteiger partial charge in [-0.1, -0.05) is 12.2 Å². The predicted octanol–water partition coefficient (Wildman–Crippen LogP) is 2.42. The van der Waals surface area contributed by atoms with E-state index < -0.39 is 0 Å². The zero-order valence-corrected chi connectivity index (χ0v) is 9.13. The molecule has 0 radical (unpaired) electrons. The highest BCUT2D eigenvalue weighted by molar-refractivity contribution is 6.26. The molecule has 82 valence electrons. The molecule has 1 aliphatic carbocycles. The SMILES string of the molecule is O=C1C=CC(N(Cl)c2ccc(O)cc2)C=C1. The largest absolute Gasteiger partial charge is 0.508 e. The minimum absolute atomic E-state index is 0.0352. The van der Waals surface area contributed by atoms with Gasteiger partial charge in [0.25, 0.3) is 0 Å². The number of halogens is 1. The highest BCUT2D eigenvalue weighted by Gasteiger charge is 2.14. The van der Waals surface area contributed by atoms with Crippen molar-refractivity contribution in [2.24, 2.45) is 0 Å². The number of rotatable bonds is 2. The Morgan fingerprint density at radius 1 is 1.12 bits per heavy atom. The van der Waals surface area contributed by atoms with Gasteiger partial charge in [-0.15, -0.1) is 0 Å². The number of phenolic OH excluding ortho intramolecular Hbond substituents is 1. The zero-order chi connectivity index (χ0) is 11.5. The number of allylic oxidation sites excluding steroid dienone is 2. The molecule has 0 saturated carbocycles. The van der Waals surface area contributed by atoms with Crippen molar-refractivity contribution in [1.82, 2.24) is 0 Å². The Bertz CT molecular complexity index is 435. The Kier molecular flexibility index (Phi) is 2.97. The van der Waals surface area contributed by atoms with Crippen LogP contribution in [0, 0.1) is 0 Å². The number of hydrogen-bond donors (Lipinski definition) is 1. The number of carbonyl (C=O) groups excluding carboxylic acids is 1. The van der Waals surface area contributed by atoms with Crippen molar-refractivity contribution in [3.8, 4) is 5.75 Å². The van der Waals surface area contributed by atoms with Crippen LogP contribution in [0.15, 0.2) is 48.6 Å². The predicted molar refractivity (Wildman–Crippen MR) is 63.5 cm³/mol. The quantitative estimate of drug-likeness (QED) is 0.801. The first-order valence-electron chi connectivity index (χ1n) is 4.81. The Balaban J connectivity index is 2.16. The molecular formula is C12H10ClNO2. The summed E-state index contributed by atoms with van der Waals surface area (Å²) in [5, 5.41) is 9.15. The van der Waals surface area contributed by atoms with Gasteiger partial charge in [0.1, 0.15) is 5.75 Å². The second-order valence-electron chi connectivity index (χ2n) is 3.44. The average Bonchev–Trinajstić information content (AvgIpc) is 2.30. The summed E-state index contributed by atoms with van der Waals surface area (Å²) in [6.45, 7) is 0. The van der Waals surface area contributed by atoms with E-state index in [-0.39, 0.29) is 17.6 Å². The van der Waals surface area contributed by atoms with Gasteiger partial charge in [0.15, 0.2) is 5.78 Å². The molecule has 0 amide bonds. The number of aromatic hydroxyl groups is 1. The molecule has 0 aliphatic heterocycles. The minimum Gasteiger partial charge on any atom is -0.508 e. The summed E-state index contributed by atoms with van der Waals surface area (Å²) in [5.41, 5.74) is 0.758. The summed E-state index contributed by atoms with van der Waals surface area (Å²) in [6, 6.07) is 6.39. The number of anilines is 1. The number of nitrogens with zero attached hydrogens (tertiary/aromatic N) is 1.